The van der Waals surface area contributed by atoms with Crippen LogP contribution in [0.5, 0.6) is 0 Å². The van der Waals surface area contributed by atoms with Crippen molar-refractivity contribution in [2.24, 2.45) is 0 Å². The molecule has 0 saturated carbocycles. The molecule has 6 heteroatoms. The summed E-state index contributed by atoms with van der Waals surface area (Å²) in [6.45, 7) is 1.73. The van der Waals surface area contributed by atoms with Crippen LogP contribution < -0.4 is 0 Å². The Morgan fingerprint density at radius 3 is 1.89 bits per heavy atom. The summed E-state index contributed by atoms with van der Waals surface area (Å²) in [6.07, 6.45) is 12.7. The number of rotatable bonds is 4. The standard InChI is InChI=1S/C12H18Br2N4/c1-15-6-8-17(10-15)12(14,4-3-5-13)18-9-7-16(2)11-18/h3-4,6-9H,5,10-11H2,1-2H3. The SMILES string of the molecule is CN1C=CN(C(Br)(C=CCBr)N2C=CN(C)C2)C1. The molecule has 0 amide bonds. The molecule has 0 fully saturated rings. The van der Waals surface area contributed by atoms with Crippen LogP contribution in [0.3, 0.4) is 0 Å². The van der Waals surface area contributed by atoms with Crippen LogP contribution in [0.25, 0.3) is 0 Å². The molecule has 0 bridgehead atoms. The fourth-order valence-electron chi connectivity index (χ4n) is 2.02. The minimum atomic E-state index is -0.316. The molecule has 100 valence electrons. The molecule has 0 spiro atoms. The normalized spacial score (nSPS) is 20.0. The third kappa shape index (κ3) is 2.69. The van der Waals surface area contributed by atoms with E-state index < -0.39 is 0 Å². The average molecular weight is 378 g/mol. The maximum atomic E-state index is 3.88. The van der Waals surface area contributed by atoms with E-state index in [1.165, 1.54) is 0 Å². The molecule has 0 radical (unpaired) electrons. The molecule has 2 aliphatic rings. The first-order chi connectivity index (χ1) is 8.56. The van der Waals surface area contributed by atoms with Gasteiger partial charge >= 0.3 is 0 Å². The van der Waals surface area contributed by atoms with E-state index in [4.69, 9.17) is 0 Å². The highest BCUT2D eigenvalue weighted by molar-refractivity contribution is 9.10. The highest BCUT2D eigenvalue weighted by Crippen LogP contribution is 2.34. The lowest BCUT2D eigenvalue weighted by atomic mass is 10.3. The molecule has 0 atom stereocenters. The number of alkyl halides is 2. The van der Waals surface area contributed by atoms with Gasteiger partial charge in [-0.15, -0.1) is 0 Å². The number of hydrogen-bond donors (Lipinski definition) is 0. The molecule has 2 aliphatic heterocycles. The first-order valence-corrected chi connectivity index (χ1v) is 7.71. The zero-order valence-electron chi connectivity index (χ0n) is 10.6. The van der Waals surface area contributed by atoms with Gasteiger partial charge in [0.15, 0.2) is 4.57 Å². The maximum absolute atomic E-state index is 3.88. The van der Waals surface area contributed by atoms with Crippen molar-refractivity contribution >= 4 is 31.9 Å². The Labute approximate surface area is 125 Å². The summed E-state index contributed by atoms with van der Waals surface area (Å²) in [4.78, 5) is 8.83. The third-order valence-corrected chi connectivity index (χ3v) is 4.53. The second-order valence-corrected chi connectivity index (χ2v) is 6.34. The van der Waals surface area contributed by atoms with Crippen LogP contribution in [-0.4, -0.2) is 56.9 Å². The third-order valence-electron chi connectivity index (χ3n) is 2.98. The topological polar surface area (TPSA) is 13.0 Å². The summed E-state index contributed by atoms with van der Waals surface area (Å²) in [5.41, 5.74) is 0. The van der Waals surface area contributed by atoms with Gasteiger partial charge in [-0.1, -0.05) is 22.0 Å². The van der Waals surface area contributed by atoms with Gasteiger partial charge in [-0.2, -0.15) is 0 Å². The van der Waals surface area contributed by atoms with Gasteiger partial charge in [0, 0.05) is 44.2 Å². The molecular formula is C12H18Br2N4. The predicted octanol–water partition coefficient (Wildman–Crippen LogP) is 2.34. The molecule has 0 aromatic rings. The van der Waals surface area contributed by atoms with Crippen molar-refractivity contribution in [2.45, 2.75) is 4.57 Å². The lowest BCUT2D eigenvalue weighted by molar-refractivity contribution is 0.104. The van der Waals surface area contributed by atoms with Gasteiger partial charge < -0.3 is 19.6 Å². The fraction of sp³-hybridized carbons (Fsp3) is 0.500. The van der Waals surface area contributed by atoms with Crippen LogP contribution in [0.4, 0.5) is 0 Å². The van der Waals surface area contributed by atoms with E-state index in [2.05, 4.69) is 103 Å². The second-order valence-electron chi connectivity index (χ2n) is 4.53. The molecule has 0 N–H and O–H groups in total. The summed E-state index contributed by atoms with van der Waals surface area (Å²) in [5, 5.41) is 0.848. The van der Waals surface area contributed by atoms with Crippen molar-refractivity contribution < 1.29 is 0 Å². The van der Waals surface area contributed by atoms with Gasteiger partial charge in [-0.25, -0.2) is 0 Å². The van der Waals surface area contributed by atoms with Crippen molar-refractivity contribution in [1.29, 1.82) is 0 Å². The molecular weight excluding hydrogens is 360 g/mol. The van der Waals surface area contributed by atoms with Crippen LogP contribution in [0.1, 0.15) is 0 Å². The summed E-state index contributed by atoms with van der Waals surface area (Å²) < 4.78 is -0.316. The number of hydrogen-bond acceptors (Lipinski definition) is 4. The van der Waals surface area contributed by atoms with Crippen molar-refractivity contribution in [2.75, 3.05) is 32.8 Å². The van der Waals surface area contributed by atoms with E-state index >= 15 is 0 Å². The Kier molecular flexibility index (Phi) is 4.27. The highest BCUT2D eigenvalue weighted by atomic mass is 79.9. The first-order valence-electron chi connectivity index (χ1n) is 5.79. The van der Waals surface area contributed by atoms with E-state index in [1.54, 1.807) is 0 Å². The fourth-order valence-corrected chi connectivity index (χ4v) is 2.85. The lowest BCUT2D eigenvalue weighted by Crippen LogP contribution is -2.51. The number of nitrogens with zero attached hydrogens (tertiary/aromatic N) is 4. The molecule has 0 aromatic heterocycles. The maximum Gasteiger partial charge on any atom is 0.192 e. The smallest absolute Gasteiger partial charge is 0.192 e. The zero-order chi connectivity index (χ0) is 13.2. The Morgan fingerprint density at radius 2 is 1.56 bits per heavy atom. The van der Waals surface area contributed by atoms with Crippen molar-refractivity contribution in [3.05, 3.63) is 37.0 Å². The summed E-state index contributed by atoms with van der Waals surface area (Å²) in [7, 11) is 4.15. The van der Waals surface area contributed by atoms with E-state index in [9.17, 15) is 0 Å². The second kappa shape index (κ2) is 5.57. The van der Waals surface area contributed by atoms with Gasteiger partial charge in [0.25, 0.3) is 0 Å². The van der Waals surface area contributed by atoms with Crippen molar-refractivity contribution in [3.8, 4) is 0 Å². The first kappa shape index (κ1) is 13.8. The van der Waals surface area contributed by atoms with E-state index in [0.717, 1.165) is 18.7 Å². The highest BCUT2D eigenvalue weighted by Gasteiger charge is 2.38. The molecule has 0 saturated heterocycles. The molecule has 0 aromatic carbocycles. The summed E-state index contributed by atoms with van der Waals surface area (Å²) >= 11 is 7.32. The Hall–Kier alpha value is -0.620. The molecule has 0 unspecified atom stereocenters. The van der Waals surface area contributed by atoms with Crippen LogP contribution >= 0.6 is 31.9 Å². The number of allylic oxidation sites excluding steroid dienone is 1. The van der Waals surface area contributed by atoms with Gasteiger partial charge in [0.05, 0.1) is 13.3 Å². The van der Waals surface area contributed by atoms with Gasteiger partial charge in [-0.05, 0) is 22.0 Å². The molecule has 18 heavy (non-hydrogen) atoms. The van der Waals surface area contributed by atoms with E-state index in [-0.39, 0.29) is 4.57 Å². The van der Waals surface area contributed by atoms with E-state index in [1.807, 2.05) is 0 Å². The minimum absolute atomic E-state index is 0.316. The van der Waals surface area contributed by atoms with Crippen LogP contribution in [0.2, 0.25) is 0 Å². The largest absolute Gasteiger partial charge is 0.362 e. The van der Waals surface area contributed by atoms with Crippen molar-refractivity contribution in [1.82, 2.24) is 19.6 Å². The van der Waals surface area contributed by atoms with Crippen LogP contribution in [0, 0.1) is 0 Å². The molecule has 0 aliphatic carbocycles. The van der Waals surface area contributed by atoms with Gasteiger partial charge in [0.1, 0.15) is 0 Å². The monoisotopic (exact) mass is 376 g/mol. The quantitative estimate of drug-likeness (QED) is 0.423. The zero-order valence-corrected chi connectivity index (χ0v) is 13.8. The van der Waals surface area contributed by atoms with Crippen LogP contribution in [0.15, 0.2) is 37.0 Å². The molecule has 4 nitrogen and oxygen atoms in total. The average Bonchev–Trinajstić information content (AvgIpc) is 2.95. The lowest BCUT2D eigenvalue weighted by Gasteiger charge is -2.42. The Balaban J connectivity index is 2.20. The predicted molar refractivity (Wildman–Crippen MR) is 81.8 cm³/mol. The van der Waals surface area contributed by atoms with Crippen LogP contribution in [-0.2, 0) is 0 Å². The van der Waals surface area contributed by atoms with E-state index in [0.29, 0.717) is 0 Å². The summed E-state index contributed by atoms with van der Waals surface area (Å²) in [5.74, 6) is 0. The molecule has 2 heterocycles. The van der Waals surface area contributed by atoms with Crippen molar-refractivity contribution in [3.63, 3.8) is 0 Å². The molecule has 2 rings (SSSR count). The summed E-state index contributed by atoms with van der Waals surface area (Å²) in [6, 6.07) is 0. The Morgan fingerprint density at radius 1 is 1.06 bits per heavy atom. The Bertz CT molecular complexity index is 354. The van der Waals surface area contributed by atoms with Gasteiger partial charge in [-0.3, -0.25) is 0 Å². The van der Waals surface area contributed by atoms with Gasteiger partial charge in [0.2, 0.25) is 0 Å². The minimum Gasteiger partial charge on any atom is -0.362 e. The number of halogens is 2.